The van der Waals surface area contributed by atoms with Crippen LogP contribution in [0.15, 0.2) is 53.0 Å². The van der Waals surface area contributed by atoms with Crippen LogP contribution in [0.2, 0.25) is 0 Å². The SMILES string of the molecule is CN(Cc1ccccc1OC(F)(F)F)C(=O)c1cccc(Br)c1. The van der Waals surface area contributed by atoms with Crippen molar-refractivity contribution in [3.63, 3.8) is 0 Å². The van der Waals surface area contributed by atoms with Crippen molar-refractivity contribution in [2.45, 2.75) is 12.9 Å². The number of rotatable bonds is 4. The van der Waals surface area contributed by atoms with Gasteiger partial charge in [0, 0.05) is 29.2 Å². The predicted molar refractivity (Wildman–Crippen MR) is 83.1 cm³/mol. The average molecular weight is 388 g/mol. The number of halogens is 4. The molecule has 7 heteroatoms. The summed E-state index contributed by atoms with van der Waals surface area (Å²) in [4.78, 5) is 13.7. The van der Waals surface area contributed by atoms with Crippen LogP contribution in [-0.4, -0.2) is 24.2 Å². The van der Waals surface area contributed by atoms with Crippen LogP contribution in [-0.2, 0) is 6.54 Å². The number of carbonyl (C=O) groups excluding carboxylic acids is 1. The Morgan fingerprint density at radius 3 is 2.52 bits per heavy atom. The van der Waals surface area contributed by atoms with E-state index >= 15 is 0 Å². The number of benzene rings is 2. The first kappa shape index (κ1) is 17.3. The van der Waals surface area contributed by atoms with Crippen molar-refractivity contribution in [1.82, 2.24) is 4.90 Å². The first-order valence-corrected chi connectivity index (χ1v) is 7.40. The quantitative estimate of drug-likeness (QED) is 0.765. The summed E-state index contributed by atoms with van der Waals surface area (Å²) in [5.41, 5.74) is 0.715. The Balaban J connectivity index is 2.17. The van der Waals surface area contributed by atoms with E-state index in [-0.39, 0.29) is 23.8 Å². The third-order valence-electron chi connectivity index (χ3n) is 3.02. The molecule has 0 atom stereocenters. The van der Waals surface area contributed by atoms with Gasteiger partial charge in [-0.1, -0.05) is 40.2 Å². The van der Waals surface area contributed by atoms with Crippen molar-refractivity contribution in [2.75, 3.05) is 7.05 Å². The van der Waals surface area contributed by atoms with E-state index in [4.69, 9.17) is 0 Å². The summed E-state index contributed by atoms with van der Waals surface area (Å²) in [7, 11) is 1.52. The molecule has 2 rings (SSSR count). The lowest BCUT2D eigenvalue weighted by Gasteiger charge is -2.20. The third-order valence-corrected chi connectivity index (χ3v) is 3.52. The Labute approximate surface area is 139 Å². The van der Waals surface area contributed by atoms with Crippen molar-refractivity contribution in [3.8, 4) is 5.75 Å². The summed E-state index contributed by atoms with van der Waals surface area (Å²) in [6, 6.07) is 12.5. The van der Waals surface area contributed by atoms with Crippen LogP contribution < -0.4 is 4.74 Å². The minimum atomic E-state index is -4.77. The average Bonchev–Trinajstić information content (AvgIpc) is 2.47. The van der Waals surface area contributed by atoms with Gasteiger partial charge >= 0.3 is 6.36 Å². The molecule has 0 bridgehead atoms. The Morgan fingerprint density at radius 1 is 1.17 bits per heavy atom. The van der Waals surface area contributed by atoms with Crippen LogP contribution in [0, 0.1) is 0 Å². The molecule has 0 spiro atoms. The lowest BCUT2D eigenvalue weighted by atomic mass is 10.1. The van der Waals surface area contributed by atoms with Crippen LogP contribution in [0.4, 0.5) is 13.2 Å². The molecule has 3 nitrogen and oxygen atoms in total. The van der Waals surface area contributed by atoms with E-state index in [2.05, 4.69) is 20.7 Å². The van der Waals surface area contributed by atoms with E-state index in [9.17, 15) is 18.0 Å². The molecule has 0 aliphatic heterocycles. The number of ether oxygens (including phenoxy) is 1. The largest absolute Gasteiger partial charge is 0.573 e. The molecular formula is C16H13BrF3NO2. The molecule has 0 saturated carbocycles. The Kier molecular flexibility index (Phi) is 5.30. The highest BCUT2D eigenvalue weighted by Crippen LogP contribution is 2.27. The smallest absolute Gasteiger partial charge is 0.405 e. The number of hydrogen-bond acceptors (Lipinski definition) is 2. The molecule has 0 aliphatic carbocycles. The van der Waals surface area contributed by atoms with E-state index in [0.29, 0.717) is 5.56 Å². The maximum absolute atomic E-state index is 12.4. The molecule has 0 saturated heterocycles. The molecule has 0 aromatic heterocycles. The number of hydrogen-bond donors (Lipinski definition) is 0. The highest BCUT2D eigenvalue weighted by molar-refractivity contribution is 9.10. The van der Waals surface area contributed by atoms with Crippen molar-refractivity contribution in [2.24, 2.45) is 0 Å². The van der Waals surface area contributed by atoms with E-state index in [0.717, 1.165) is 4.47 Å². The molecule has 0 unspecified atom stereocenters. The molecule has 1 amide bonds. The zero-order valence-corrected chi connectivity index (χ0v) is 13.7. The highest BCUT2D eigenvalue weighted by Gasteiger charge is 2.32. The second-order valence-corrected chi connectivity index (χ2v) is 5.74. The van der Waals surface area contributed by atoms with Crippen LogP contribution in [0.25, 0.3) is 0 Å². The summed E-state index contributed by atoms with van der Waals surface area (Å²) in [5, 5.41) is 0. The Morgan fingerprint density at radius 2 is 1.87 bits per heavy atom. The van der Waals surface area contributed by atoms with Gasteiger partial charge in [-0.25, -0.2) is 0 Å². The molecule has 2 aromatic rings. The van der Waals surface area contributed by atoms with Gasteiger partial charge in [0.25, 0.3) is 5.91 Å². The molecule has 122 valence electrons. The third kappa shape index (κ3) is 4.99. The van der Waals surface area contributed by atoms with Crippen molar-refractivity contribution < 1.29 is 22.7 Å². The van der Waals surface area contributed by atoms with Crippen LogP contribution >= 0.6 is 15.9 Å². The zero-order valence-electron chi connectivity index (χ0n) is 12.1. The Hall–Kier alpha value is -2.02. The summed E-state index contributed by atoms with van der Waals surface area (Å²) in [5.74, 6) is -0.609. The lowest BCUT2D eigenvalue weighted by molar-refractivity contribution is -0.274. The first-order valence-electron chi connectivity index (χ1n) is 6.61. The second-order valence-electron chi connectivity index (χ2n) is 4.83. The number of alkyl halides is 3. The minimum absolute atomic E-state index is 0.00238. The fourth-order valence-corrected chi connectivity index (χ4v) is 2.43. The number of para-hydroxylation sites is 1. The molecule has 0 N–H and O–H groups in total. The second kappa shape index (κ2) is 7.04. The monoisotopic (exact) mass is 387 g/mol. The molecule has 2 aromatic carbocycles. The molecule has 0 fully saturated rings. The van der Waals surface area contributed by atoms with Gasteiger partial charge < -0.3 is 9.64 Å². The fraction of sp³-hybridized carbons (Fsp3) is 0.188. The summed E-state index contributed by atoms with van der Waals surface area (Å²) in [6.45, 7) is -0.00238. The minimum Gasteiger partial charge on any atom is -0.405 e. The number of amides is 1. The van der Waals surface area contributed by atoms with Crippen molar-refractivity contribution >= 4 is 21.8 Å². The lowest BCUT2D eigenvalue weighted by Crippen LogP contribution is -2.27. The van der Waals surface area contributed by atoms with E-state index in [1.807, 2.05) is 0 Å². The van der Waals surface area contributed by atoms with Gasteiger partial charge in [0.15, 0.2) is 0 Å². The standard InChI is InChI=1S/C16H13BrF3NO2/c1-21(15(22)11-6-4-7-13(17)9-11)10-12-5-2-3-8-14(12)23-16(18,19)20/h2-9H,10H2,1H3. The molecule has 23 heavy (non-hydrogen) atoms. The number of carbonyl (C=O) groups is 1. The number of nitrogens with zero attached hydrogens (tertiary/aromatic N) is 1. The normalized spacial score (nSPS) is 11.2. The van der Waals surface area contributed by atoms with Gasteiger partial charge in [-0.05, 0) is 24.3 Å². The van der Waals surface area contributed by atoms with Crippen molar-refractivity contribution in [1.29, 1.82) is 0 Å². The first-order chi connectivity index (χ1) is 10.8. The zero-order chi connectivity index (χ0) is 17.0. The molecule has 0 radical (unpaired) electrons. The summed E-state index contributed by atoms with van der Waals surface area (Å²) >= 11 is 3.28. The predicted octanol–water partition coefficient (Wildman–Crippen LogP) is 4.62. The van der Waals surface area contributed by atoms with Crippen LogP contribution in [0.5, 0.6) is 5.75 Å². The fourth-order valence-electron chi connectivity index (χ4n) is 2.03. The van der Waals surface area contributed by atoms with E-state index in [1.54, 1.807) is 30.3 Å². The molecular weight excluding hydrogens is 375 g/mol. The van der Waals surface area contributed by atoms with E-state index < -0.39 is 6.36 Å². The highest BCUT2D eigenvalue weighted by atomic mass is 79.9. The maximum Gasteiger partial charge on any atom is 0.573 e. The van der Waals surface area contributed by atoms with Crippen LogP contribution in [0.1, 0.15) is 15.9 Å². The topological polar surface area (TPSA) is 29.5 Å². The van der Waals surface area contributed by atoms with Crippen LogP contribution in [0.3, 0.4) is 0 Å². The van der Waals surface area contributed by atoms with Crippen molar-refractivity contribution in [3.05, 3.63) is 64.1 Å². The Bertz CT molecular complexity index is 704. The van der Waals surface area contributed by atoms with Gasteiger partial charge in [0.05, 0.1) is 0 Å². The summed E-state index contributed by atoms with van der Waals surface area (Å²) in [6.07, 6.45) is -4.77. The molecule has 0 aliphatic rings. The maximum atomic E-state index is 12.4. The summed E-state index contributed by atoms with van der Waals surface area (Å²) < 4.78 is 42.0. The van der Waals surface area contributed by atoms with Gasteiger partial charge in [0.2, 0.25) is 0 Å². The van der Waals surface area contributed by atoms with Gasteiger partial charge in [0.1, 0.15) is 5.75 Å². The van der Waals surface area contributed by atoms with Gasteiger partial charge in [-0.2, -0.15) is 0 Å². The molecule has 0 heterocycles. The van der Waals surface area contributed by atoms with Gasteiger partial charge in [-0.15, -0.1) is 13.2 Å². The van der Waals surface area contributed by atoms with E-state index in [1.165, 1.54) is 30.1 Å². The van der Waals surface area contributed by atoms with Gasteiger partial charge in [-0.3, -0.25) is 4.79 Å².